The van der Waals surface area contributed by atoms with Crippen LogP contribution in [0, 0.1) is 0 Å². The van der Waals surface area contributed by atoms with Crippen molar-refractivity contribution in [3.05, 3.63) is 16.6 Å². The SMILES string of the molecule is CCCN(CCCl)Cc1cncs1. The lowest BCUT2D eigenvalue weighted by molar-refractivity contribution is 0.284. The van der Waals surface area contributed by atoms with E-state index in [2.05, 4.69) is 16.8 Å². The first kappa shape index (κ1) is 11.0. The largest absolute Gasteiger partial charge is 0.297 e. The Morgan fingerprint density at radius 1 is 1.54 bits per heavy atom. The molecule has 0 unspecified atom stereocenters. The highest BCUT2D eigenvalue weighted by atomic mass is 35.5. The standard InChI is InChI=1S/C9H15ClN2S/c1-2-4-12(5-3-10)7-9-6-11-8-13-9/h6,8H,2-5,7H2,1H3. The molecule has 0 aromatic carbocycles. The molecule has 0 bridgehead atoms. The summed E-state index contributed by atoms with van der Waals surface area (Å²) >= 11 is 7.43. The first-order chi connectivity index (χ1) is 6.36. The lowest BCUT2D eigenvalue weighted by Crippen LogP contribution is -2.25. The molecule has 13 heavy (non-hydrogen) atoms. The fourth-order valence-corrected chi connectivity index (χ4v) is 2.12. The van der Waals surface area contributed by atoms with Crippen LogP contribution in [0.1, 0.15) is 18.2 Å². The van der Waals surface area contributed by atoms with Gasteiger partial charge in [0, 0.05) is 30.0 Å². The third kappa shape index (κ3) is 4.07. The zero-order chi connectivity index (χ0) is 9.52. The molecule has 0 aliphatic carbocycles. The minimum absolute atomic E-state index is 0.707. The summed E-state index contributed by atoms with van der Waals surface area (Å²) in [5.41, 5.74) is 1.88. The predicted octanol–water partition coefficient (Wildman–Crippen LogP) is 2.59. The van der Waals surface area contributed by atoms with E-state index >= 15 is 0 Å². The monoisotopic (exact) mass is 218 g/mol. The number of alkyl halides is 1. The molecule has 1 heterocycles. The van der Waals surface area contributed by atoms with Crippen LogP contribution in [0.4, 0.5) is 0 Å². The lowest BCUT2D eigenvalue weighted by atomic mass is 10.4. The summed E-state index contributed by atoms with van der Waals surface area (Å²) in [5.74, 6) is 0.707. The van der Waals surface area contributed by atoms with Crippen molar-refractivity contribution in [2.75, 3.05) is 19.0 Å². The highest BCUT2D eigenvalue weighted by Crippen LogP contribution is 2.09. The summed E-state index contributed by atoms with van der Waals surface area (Å²) in [6.07, 6.45) is 3.11. The Morgan fingerprint density at radius 2 is 2.38 bits per heavy atom. The van der Waals surface area contributed by atoms with Gasteiger partial charge in [-0.1, -0.05) is 6.92 Å². The second kappa shape index (κ2) is 6.35. The lowest BCUT2D eigenvalue weighted by Gasteiger charge is -2.18. The van der Waals surface area contributed by atoms with Gasteiger partial charge in [-0.3, -0.25) is 9.88 Å². The van der Waals surface area contributed by atoms with Crippen molar-refractivity contribution in [1.82, 2.24) is 9.88 Å². The van der Waals surface area contributed by atoms with E-state index in [0.29, 0.717) is 5.88 Å². The molecule has 0 atom stereocenters. The molecule has 0 fully saturated rings. The summed E-state index contributed by atoms with van der Waals surface area (Å²) in [7, 11) is 0. The Morgan fingerprint density at radius 3 is 2.92 bits per heavy atom. The molecule has 4 heteroatoms. The number of hydrogen-bond acceptors (Lipinski definition) is 3. The van der Waals surface area contributed by atoms with Crippen molar-refractivity contribution in [3.8, 4) is 0 Å². The molecule has 1 rings (SSSR count). The van der Waals surface area contributed by atoms with Gasteiger partial charge in [0.15, 0.2) is 0 Å². The minimum Gasteiger partial charge on any atom is -0.297 e. The zero-order valence-corrected chi connectivity index (χ0v) is 9.44. The molecule has 0 aliphatic rings. The minimum atomic E-state index is 0.707. The third-order valence-corrected chi connectivity index (χ3v) is 2.74. The normalized spacial score (nSPS) is 11.0. The van der Waals surface area contributed by atoms with Crippen LogP contribution in [0.25, 0.3) is 0 Å². The topological polar surface area (TPSA) is 16.1 Å². The summed E-state index contributed by atoms with van der Waals surface area (Å²) < 4.78 is 0. The van der Waals surface area contributed by atoms with Crippen molar-refractivity contribution in [2.24, 2.45) is 0 Å². The van der Waals surface area contributed by atoms with E-state index in [-0.39, 0.29) is 0 Å². The van der Waals surface area contributed by atoms with Gasteiger partial charge >= 0.3 is 0 Å². The van der Waals surface area contributed by atoms with E-state index in [9.17, 15) is 0 Å². The van der Waals surface area contributed by atoms with Gasteiger partial charge in [-0.25, -0.2) is 0 Å². The molecule has 0 aliphatic heterocycles. The highest BCUT2D eigenvalue weighted by molar-refractivity contribution is 7.09. The summed E-state index contributed by atoms with van der Waals surface area (Å²) in [6, 6.07) is 0. The number of hydrogen-bond donors (Lipinski definition) is 0. The van der Waals surface area contributed by atoms with Crippen LogP contribution in [-0.4, -0.2) is 28.9 Å². The first-order valence-corrected chi connectivity index (χ1v) is 5.94. The fraction of sp³-hybridized carbons (Fsp3) is 0.667. The Kier molecular flexibility index (Phi) is 5.35. The average Bonchev–Trinajstić information content (AvgIpc) is 2.58. The second-order valence-corrected chi connectivity index (χ2v) is 4.28. The van der Waals surface area contributed by atoms with E-state index in [0.717, 1.165) is 19.6 Å². The van der Waals surface area contributed by atoms with Gasteiger partial charge in [0.1, 0.15) is 0 Å². The predicted molar refractivity (Wildman–Crippen MR) is 58.4 cm³/mol. The van der Waals surface area contributed by atoms with E-state index in [1.165, 1.54) is 11.3 Å². The van der Waals surface area contributed by atoms with Crippen LogP contribution < -0.4 is 0 Å². The molecule has 2 nitrogen and oxygen atoms in total. The smallest absolute Gasteiger partial charge is 0.0794 e. The molecule has 0 spiro atoms. The van der Waals surface area contributed by atoms with Crippen LogP contribution in [0.2, 0.25) is 0 Å². The summed E-state index contributed by atoms with van der Waals surface area (Å²) in [4.78, 5) is 7.73. The maximum absolute atomic E-state index is 5.72. The number of thiazole rings is 1. The van der Waals surface area contributed by atoms with Gasteiger partial charge < -0.3 is 0 Å². The third-order valence-electron chi connectivity index (χ3n) is 1.80. The van der Waals surface area contributed by atoms with Crippen molar-refractivity contribution >= 4 is 22.9 Å². The van der Waals surface area contributed by atoms with Crippen molar-refractivity contribution in [1.29, 1.82) is 0 Å². The van der Waals surface area contributed by atoms with Crippen LogP contribution in [-0.2, 0) is 6.54 Å². The Balaban J connectivity index is 2.37. The molecule has 0 amide bonds. The van der Waals surface area contributed by atoms with Gasteiger partial charge in [0.05, 0.1) is 5.51 Å². The van der Waals surface area contributed by atoms with E-state index in [1.54, 1.807) is 11.3 Å². The van der Waals surface area contributed by atoms with Gasteiger partial charge in [0.25, 0.3) is 0 Å². The van der Waals surface area contributed by atoms with Gasteiger partial charge in [-0.2, -0.15) is 0 Å². The number of aromatic nitrogens is 1. The number of halogens is 1. The first-order valence-electron chi connectivity index (χ1n) is 4.52. The van der Waals surface area contributed by atoms with Crippen molar-refractivity contribution in [2.45, 2.75) is 19.9 Å². The Labute approximate surface area is 88.5 Å². The van der Waals surface area contributed by atoms with E-state index in [4.69, 9.17) is 11.6 Å². The highest BCUT2D eigenvalue weighted by Gasteiger charge is 2.04. The maximum atomic E-state index is 5.72. The van der Waals surface area contributed by atoms with Crippen molar-refractivity contribution < 1.29 is 0 Å². The zero-order valence-electron chi connectivity index (χ0n) is 7.87. The Hall–Kier alpha value is -0.120. The van der Waals surface area contributed by atoms with Crippen molar-refractivity contribution in [3.63, 3.8) is 0 Å². The van der Waals surface area contributed by atoms with Gasteiger partial charge in [-0.15, -0.1) is 22.9 Å². The second-order valence-electron chi connectivity index (χ2n) is 2.93. The number of nitrogens with zero attached hydrogens (tertiary/aromatic N) is 2. The molecule has 0 saturated carbocycles. The average molecular weight is 219 g/mol. The molecule has 0 N–H and O–H groups in total. The number of rotatable bonds is 6. The molecule has 1 aromatic rings. The van der Waals surface area contributed by atoms with Crippen LogP contribution in [0.5, 0.6) is 0 Å². The van der Waals surface area contributed by atoms with Crippen LogP contribution >= 0.6 is 22.9 Å². The quantitative estimate of drug-likeness (QED) is 0.683. The molecule has 0 saturated heterocycles. The van der Waals surface area contributed by atoms with E-state index in [1.807, 2.05) is 11.7 Å². The molecule has 74 valence electrons. The van der Waals surface area contributed by atoms with Gasteiger partial charge in [-0.05, 0) is 13.0 Å². The fourth-order valence-electron chi connectivity index (χ4n) is 1.25. The Bertz CT molecular complexity index is 207. The van der Waals surface area contributed by atoms with Crippen LogP contribution in [0.15, 0.2) is 11.7 Å². The van der Waals surface area contributed by atoms with Crippen LogP contribution in [0.3, 0.4) is 0 Å². The maximum Gasteiger partial charge on any atom is 0.0794 e. The van der Waals surface area contributed by atoms with E-state index < -0.39 is 0 Å². The molecular weight excluding hydrogens is 204 g/mol. The molecule has 0 radical (unpaired) electrons. The molecular formula is C9H15ClN2S. The molecule has 1 aromatic heterocycles. The summed E-state index contributed by atoms with van der Waals surface area (Å²) in [6.45, 7) is 5.26. The van der Waals surface area contributed by atoms with Gasteiger partial charge in [0.2, 0.25) is 0 Å². The summed E-state index contributed by atoms with van der Waals surface area (Å²) in [5, 5.41) is 0.